The molecule has 18 heavy (non-hydrogen) atoms. The molecule has 0 saturated carbocycles. The highest BCUT2D eigenvalue weighted by Gasteiger charge is 2.11. The summed E-state index contributed by atoms with van der Waals surface area (Å²) in [5.74, 6) is -1.35. The molecule has 0 saturated heterocycles. The number of benzene rings is 1. The number of rotatable bonds is 2. The van der Waals surface area contributed by atoms with Crippen molar-refractivity contribution in [2.75, 3.05) is 11.1 Å². The first-order chi connectivity index (χ1) is 8.47. The minimum Gasteiger partial charge on any atom is -0.368 e. The number of anilines is 3. The Morgan fingerprint density at radius 1 is 1.28 bits per heavy atom. The van der Waals surface area contributed by atoms with Gasteiger partial charge in [0.25, 0.3) is 0 Å². The van der Waals surface area contributed by atoms with Crippen LogP contribution in [0.1, 0.15) is 0 Å². The summed E-state index contributed by atoms with van der Waals surface area (Å²) in [5, 5.41) is 2.79. The number of hydrogen-bond donors (Lipinski definition) is 2. The Hall–Kier alpha value is -1.47. The first-order valence-corrected chi connectivity index (χ1v) is 5.84. The van der Waals surface area contributed by atoms with Gasteiger partial charge in [-0.1, -0.05) is 11.6 Å². The van der Waals surface area contributed by atoms with Crippen LogP contribution in [0.3, 0.4) is 0 Å². The van der Waals surface area contributed by atoms with E-state index in [0.717, 1.165) is 6.07 Å². The van der Waals surface area contributed by atoms with Crippen molar-refractivity contribution in [2.24, 2.45) is 0 Å². The molecule has 4 nitrogen and oxygen atoms in total. The normalized spacial score (nSPS) is 10.4. The first-order valence-electron chi connectivity index (χ1n) is 4.67. The van der Waals surface area contributed by atoms with Gasteiger partial charge in [0.2, 0.25) is 5.95 Å². The number of hydrogen-bond acceptors (Lipinski definition) is 4. The van der Waals surface area contributed by atoms with Gasteiger partial charge in [0.15, 0.2) is 5.82 Å². The van der Waals surface area contributed by atoms with Gasteiger partial charge in [-0.2, -0.15) is 4.98 Å². The van der Waals surface area contributed by atoms with Gasteiger partial charge in [-0.15, -0.1) is 0 Å². The number of nitrogens with zero attached hydrogens (tertiary/aromatic N) is 2. The average molecular weight is 336 g/mol. The van der Waals surface area contributed by atoms with E-state index in [1.54, 1.807) is 0 Å². The lowest BCUT2D eigenvalue weighted by Crippen LogP contribution is -2.02. The Morgan fingerprint density at radius 3 is 2.72 bits per heavy atom. The van der Waals surface area contributed by atoms with Crippen LogP contribution in [0.2, 0.25) is 5.02 Å². The molecule has 0 aliphatic rings. The summed E-state index contributed by atoms with van der Waals surface area (Å²) in [5.41, 5.74) is 5.41. The lowest BCUT2D eigenvalue weighted by molar-refractivity contribution is 0.581. The van der Waals surface area contributed by atoms with Gasteiger partial charge in [-0.3, -0.25) is 0 Å². The van der Waals surface area contributed by atoms with Gasteiger partial charge in [0.05, 0.1) is 16.4 Å². The Balaban J connectivity index is 2.40. The fourth-order valence-corrected chi connectivity index (χ4v) is 1.70. The zero-order valence-corrected chi connectivity index (χ0v) is 11.1. The number of nitrogen functional groups attached to an aromatic ring is 1. The number of nitrogens with one attached hydrogen (secondary N) is 1. The largest absolute Gasteiger partial charge is 0.368 e. The molecule has 1 aromatic heterocycles. The molecule has 1 aromatic carbocycles. The molecular weight excluding hydrogens is 329 g/mol. The molecule has 0 aliphatic heterocycles. The highest BCUT2D eigenvalue weighted by Crippen LogP contribution is 2.28. The van der Waals surface area contributed by atoms with Crippen molar-refractivity contribution >= 4 is 45.0 Å². The number of halogens is 4. The van der Waals surface area contributed by atoms with Crippen molar-refractivity contribution < 1.29 is 8.78 Å². The molecule has 3 N–H and O–H groups in total. The fourth-order valence-electron chi connectivity index (χ4n) is 1.21. The van der Waals surface area contributed by atoms with Crippen LogP contribution in [-0.2, 0) is 0 Å². The van der Waals surface area contributed by atoms with E-state index in [1.165, 1.54) is 12.3 Å². The van der Waals surface area contributed by atoms with Crippen LogP contribution in [0.5, 0.6) is 0 Å². The van der Waals surface area contributed by atoms with E-state index in [9.17, 15) is 8.78 Å². The van der Waals surface area contributed by atoms with Crippen molar-refractivity contribution in [3.05, 3.63) is 39.5 Å². The lowest BCUT2D eigenvalue weighted by Gasteiger charge is -2.09. The first kappa shape index (κ1) is 13.0. The van der Waals surface area contributed by atoms with Crippen molar-refractivity contribution in [1.29, 1.82) is 0 Å². The third kappa shape index (κ3) is 2.68. The van der Waals surface area contributed by atoms with Gasteiger partial charge in [0, 0.05) is 6.07 Å². The van der Waals surface area contributed by atoms with Crippen molar-refractivity contribution in [3.63, 3.8) is 0 Å². The van der Waals surface area contributed by atoms with E-state index in [2.05, 4.69) is 31.2 Å². The van der Waals surface area contributed by atoms with Gasteiger partial charge in [-0.05, 0) is 22.0 Å². The maximum absolute atomic E-state index is 13.5. The molecule has 2 rings (SSSR count). The minimum absolute atomic E-state index is 0.0107. The summed E-state index contributed by atoms with van der Waals surface area (Å²) in [7, 11) is 0. The van der Waals surface area contributed by atoms with Gasteiger partial charge in [0.1, 0.15) is 16.7 Å². The smallest absolute Gasteiger partial charge is 0.222 e. The lowest BCUT2D eigenvalue weighted by atomic mass is 10.3. The predicted octanol–water partition coefficient (Wildman–Crippen LogP) is 3.50. The molecule has 2 aromatic rings. The minimum atomic E-state index is -0.774. The monoisotopic (exact) mass is 334 g/mol. The number of nitrogens with two attached hydrogens (primary N) is 1. The molecule has 0 amide bonds. The van der Waals surface area contributed by atoms with Crippen LogP contribution < -0.4 is 11.1 Å². The van der Waals surface area contributed by atoms with Gasteiger partial charge >= 0.3 is 0 Å². The van der Waals surface area contributed by atoms with E-state index < -0.39 is 11.6 Å². The highest BCUT2D eigenvalue weighted by atomic mass is 79.9. The molecule has 0 bridgehead atoms. The Bertz CT molecular complexity index is 609. The molecule has 0 radical (unpaired) electrons. The van der Waals surface area contributed by atoms with Crippen molar-refractivity contribution in [3.8, 4) is 0 Å². The number of aromatic nitrogens is 2. The molecule has 8 heteroatoms. The molecule has 0 aliphatic carbocycles. The summed E-state index contributed by atoms with van der Waals surface area (Å²) < 4.78 is 26.7. The molecule has 0 fully saturated rings. The highest BCUT2D eigenvalue weighted by molar-refractivity contribution is 9.10. The van der Waals surface area contributed by atoms with E-state index in [1.807, 2.05) is 0 Å². The molecular formula is C10H6BrClF2N4. The van der Waals surface area contributed by atoms with E-state index in [-0.39, 0.29) is 26.9 Å². The molecule has 94 valence electrons. The Labute approximate surface area is 114 Å². The molecule has 0 spiro atoms. The van der Waals surface area contributed by atoms with Crippen LogP contribution in [0.15, 0.2) is 22.8 Å². The molecule has 0 atom stereocenters. The molecule has 0 unspecified atom stereocenters. The van der Waals surface area contributed by atoms with Crippen LogP contribution in [0.4, 0.5) is 26.2 Å². The third-order valence-electron chi connectivity index (χ3n) is 2.03. The SMILES string of the molecule is Nc1ncc(Cl)c(Nc2cc(Br)c(F)cc2F)n1. The predicted molar refractivity (Wildman–Crippen MR) is 68.8 cm³/mol. The fraction of sp³-hybridized carbons (Fsp3) is 0. The topological polar surface area (TPSA) is 63.8 Å². The van der Waals surface area contributed by atoms with E-state index >= 15 is 0 Å². The van der Waals surface area contributed by atoms with Crippen LogP contribution in [0, 0.1) is 11.6 Å². The summed E-state index contributed by atoms with van der Waals surface area (Å²) >= 11 is 8.77. The van der Waals surface area contributed by atoms with Crippen LogP contribution in [0.25, 0.3) is 0 Å². The maximum Gasteiger partial charge on any atom is 0.222 e. The van der Waals surface area contributed by atoms with Crippen LogP contribution >= 0.6 is 27.5 Å². The van der Waals surface area contributed by atoms with E-state index in [4.69, 9.17) is 17.3 Å². The second-order valence-corrected chi connectivity index (χ2v) is 4.56. The van der Waals surface area contributed by atoms with Gasteiger partial charge < -0.3 is 11.1 Å². The van der Waals surface area contributed by atoms with Gasteiger partial charge in [-0.25, -0.2) is 13.8 Å². The second kappa shape index (κ2) is 5.03. The third-order valence-corrected chi connectivity index (χ3v) is 2.91. The Morgan fingerprint density at radius 2 is 2.00 bits per heavy atom. The Kier molecular flexibility index (Phi) is 3.63. The standard InChI is InChI=1S/C10H6BrClF2N4/c11-4-1-8(7(14)2-6(4)13)17-9-5(12)3-16-10(15)18-9/h1-3H,(H3,15,16,17,18). The summed E-state index contributed by atoms with van der Waals surface area (Å²) in [6, 6.07) is 1.98. The maximum atomic E-state index is 13.5. The zero-order valence-electron chi connectivity index (χ0n) is 8.72. The average Bonchev–Trinajstić information content (AvgIpc) is 2.30. The van der Waals surface area contributed by atoms with Crippen molar-refractivity contribution in [2.45, 2.75) is 0 Å². The quantitative estimate of drug-likeness (QED) is 0.825. The molecule has 1 heterocycles. The summed E-state index contributed by atoms with van der Waals surface area (Å²) in [6.07, 6.45) is 1.28. The second-order valence-electron chi connectivity index (χ2n) is 3.30. The van der Waals surface area contributed by atoms with Crippen molar-refractivity contribution in [1.82, 2.24) is 9.97 Å². The van der Waals surface area contributed by atoms with Crippen LogP contribution in [-0.4, -0.2) is 9.97 Å². The zero-order chi connectivity index (χ0) is 13.3. The summed E-state index contributed by atoms with van der Waals surface area (Å²) in [6.45, 7) is 0. The van der Waals surface area contributed by atoms with E-state index in [0.29, 0.717) is 0 Å². The summed E-state index contributed by atoms with van der Waals surface area (Å²) in [4.78, 5) is 7.48.